The number of methoxy groups -OCH3 is 1. The van der Waals surface area contributed by atoms with E-state index in [9.17, 15) is 18.3 Å². The van der Waals surface area contributed by atoms with Crippen molar-refractivity contribution in [1.29, 1.82) is 0 Å². The molecule has 0 aliphatic carbocycles. The van der Waals surface area contributed by atoms with E-state index in [0.29, 0.717) is 5.56 Å². The van der Waals surface area contributed by atoms with Crippen molar-refractivity contribution in [2.75, 3.05) is 7.11 Å². The average molecular weight is 248 g/mol. The topological polar surface area (TPSA) is 29.5 Å². The summed E-state index contributed by atoms with van der Waals surface area (Å²) in [6.45, 7) is 3.15. The normalized spacial score (nSPS) is 17.6. The Morgan fingerprint density at radius 1 is 1.12 bits per heavy atom. The maximum atomic E-state index is 12.4. The van der Waals surface area contributed by atoms with Gasteiger partial charge in [0.1, 0.15) is 5.60 Å². The van der Waals surface area contributed by atoms with Crippen molar-refractivity contribution in [1.82, 2.24) is 0 Å². The first-order chi connectivity index (χ1) is 7.69. The number of hydrogen-bond donors (Lipinski definition) is 1. The minimum Gasteiger partial charge on any atom is -0.383 e. The highest BCUT2D eigenvalue weighted by molar-refractivity contribution is 5.29. The molecule has 0 aliphatic heterocycles. The molecule has 17 heavy (non-hydrogen) atoms. The number of rotatable bonds is 3. The predicted molar refractivity (Wildman–Crippen MR) is 57.5 cm³/mol. The Labute approximate surface area is 98.0 Å². The molecule has 0 amide bonds. The molecule has 0 aromatic heterocycles. The van der Waals surface area contributed by atoms with Gasteiger partial charge in [-0.25, -0.2) is 0 Å². The zero-order valence-corrected chi connectivity index (χ0v) is 9.88. The SMILES string of the molecule is COC(C)C(C)(O)c1ccc(C(F)(F)F)cc1. The van der Waals surface area contributed by atoms with Gasteiger partial charge in [0, 0.05) is 7.11 Å². The number of alkyl halides is 3. The van der Waals surface area contributed by atoms with Gasteiger partial charge in [-0.15, -0.1) is 0 Å². The summed E-state index contributed by atoms with van der Waals surface area (Å²) in [7, 11) is 1.43. The van der Waals surface area contributed by atoms with Crippen LogP contribution in [0.25, 0.3) is 0 Å². The summed E-state index contributed by atoms with van der Waals surface area (Å²) in [6, 6.07) is 4.43. The molecule has 0 spiro atoms. The molecular weight excluding hydrogens is 233 g/mol. The number of benzene rings is 1. The first kappa shape index (κ1) is 14.0. The molecule has 0 saturated carbocycles. The Morgan fingerprint density at radius 3 is 1.88 bits per heavy atom. The summed E-state index contributed by atoms with van der Waals surface area (Å²) in [5, 5.41) is 10.1. The fourth-order valence-electron chi connectivity index (χ4n) is 1.46. The molecule has 96 valence electrons. The fraction of sp³-hybridized carbons (Fsp3) is 0.500. The van der Waals surface area contributed by atoms with Gasteiger partial charge >= 0.3 is 6.18 Å². The van der Waals surface area contributed by atoms with E-state index in [0.717, 1.165) is 12.1 Å². The van der Waals surface area contributed by atoms with E-state index >= 15 is 0 Å². The number of halogens is 3. The molecule has 2 atom stereocenters. The van der Waals surface area contributed by atoms with Crippen LogP contribution in [0, 0.1) is 0 Å². The van der Waals surface area contributed by atoms with E-state index < -0.39 is 23.4 Å². The van der Waals surface area contributed by atoms with Gasteiger partial charge in [-0.1, -0.05) is 12.1 Å². The van der Waals surface area contributed by atoms with Crippen LogP contribution in [0.3, 0.4) is 0 Å². The standard InChI is InChI=1S/C12H15F3O2/c1-8(17-3)11(2,16)9-4-6-10(7-5-9)12(13,14)15/h4-8,16H,1-3H3. The summed E-state index contributed by atoms with van der Waals surface area (Å²) in [5.41, 5.74) is -1.67. The van der Waals surface area contributed by atoms with Crippen LogP contribution in [0.5, 0.6) is 0 Å². The summed E-state index contributed by atoms with van der Waals surface area (Å²) in [5.74, 6) is 0. The van der Waals surface area contributed by atoms with E-state index in [1.165, 1.54) is 26.2 Å². The second-order valence-corrected chi connectivity index (χ2v) is 4.10. The maximum Gasteiger partial charge on any atom is 0.416 e. The van der Waals surface area contributed by atoms with Crippen molar-refractivity contribution in [3.05, 3.63) is 35.4 Å². The summed E-state index contributed by atoms with van der Waals surface area (Å²) < 4.78 is 42.1. The lowest BCUT2D eigenvalue weighted by atomic mass is 9.90. The Hall–Kier alpha value is -1.07. The third-order valence-electron chi connectivity index (χ3n) is 2.94. The Bertz CT molecular complexity index is 368. The minimum absolute atomic E-state index is 0.389. The Balaban J connectivity index is 3.03. The molecule has 0 fully saturated rings. The zero-order valence-electron chi connectivity index (χ0n) is 9.88. The van der Waals surface area contributed by atoms with E-state index in [4.69, 9.17) is 4.74 Å². The summed E-state index contributed by atoms with van der Waals surface area (Å²) in [4.78, 5) is 0. The molecular formula is C12H15F3O2. The molecule has 2 nitrogen and oxygen atoms in total. The molecule has 0 saturated heterocycles. The molecule has 1 N–H and O–H groups in total. The zero-order chi connectivity index (χ0) is 13.3. The van der Waals surface area contributed by atoms with Crippen LogP contribution < -0.4 is 0 Å². The monoisotopic (exact) mass is 248 g/mol. The molecule has 5 heteroatoms. The van der Waals surface area contributed by atoms with Crippen molar-refractivity contribution in [2.45, 2.75) is 31.7 Å². The quantitative estimate of drug-likeness (QED) is 0.891. The van der Waals surface area contributed by atoms with Crippen LogP contribution in [0.4, 0.5) is 13.2 Å². The van der Waals surface area contributed by atoms with Crippen LogP contribution in [0.2, 0.25) is 0 Å². The first-order valence-electron chi connectivity index (χ1n) is 5.12. The molecule has 0 radical (unpaired) electrons. The minimum atomic E-state index is -4.36. The van der Waals surface area contributed by atoms with E-state index in [2.05, 4.69) is 0 Å². The molecule has 1 aromatic carbocycles. The highest BCUT2D eigenvalue weighted by atomic mass is 19.4. The fourth-order valence-corrected chi connectivity index (χ4v) is 1.46. The van der Waals surface area contributed by atoms with Crippen LogP contribution in [-0.4, -0.2) is 18.3 Å². The molecule has 0 bridgehead atoms. The summed E-state index contributed by atoms with van der Waals surface area (Å²) in [6.07, 6.45) is -4.88. The van der Waals surface area contributed by atoms with Crippen molar-refractivity contribution in [3.63, 3.8) is 0 Å². The van der Waals surface area contributed by atoms with Gasteiger partial charge in [0.15, 0.2) is 0 Å². The third kappa shape index (κ3) is 2.98. The van der Waals surface area contributed by atoms with Crippen LogP contribution in [0.15, 0.2) is 24.3 Å². The predicted octanol–water partition coefficient (Wildman–Crippen LogP) is 2.95. The lowest BCUT2D eigenvalue weighted by molar-refractivity contribution is -0.137. The second-order valence-electron chi connectivity index (χ2n) is 4.10. The maximum absolute atomic E-state index is 12.4. The van der Waals surface area contributed by atoms with Gasteiger partial charge in [-0.3, -0.25) is 0 Å². The van der Waals surface area contributed by atoms with Crippen molar-refractivity contribution in [3.8, 4) is 0 Å². The largest absolute Gasteiger partial charge is 0.416 e. The molecule has 0 aliphatic rings. The summed E-state index contributed by atoms with van der Waals surface area (Å²) >= 11 is 0. The van der Waals surface area contributed by atoms with E-state index in [1.807, 2.05) is 0 Å². The van der Waals surface area contributed by atoms with Gasteiger partial charge in [0.25, 0.3) is 0 Å². The average Bonchev–Trinajstić information content (AvgIpc) is 2.27. The van der Waals surface area contributed by atoms with E-state index in [1.54, 1.807) is 6.92 Å². The van der Waals surface area contributed by atoms with Crippen LogP contribution >= 0.6 is 0 Å². The van der Waals surface area contributed by atoms with E-state index in [-0.39, 0.29) is 0 Å². The number of aliphatic hydroxyl groups is 1. The highest BCUT2D eigenvalue weighted by Crippen LogP contribution is 2.32. The molecule has 1 rings (SSSR count). The molecule has 0 heterocycles. The first-order valence-corrected chi connectivity index (χ1v) is 5.12. The number of ether oxygens (including phenoxy) is 1. The number of hydrogen-bond acceptors (Lipinski definition) is 2. The van der Waals surface area contributed by atoms with Gasteiger partial charge in [-0.2, -0.15) is 13.2 Å². The van der Waals surface area contributed by atoms with Crippen molar-refractivity contribution < 1.29 is 23.0 Å². The van der Waals surface area contributed by atoms with Gasteiger partial charge in [0.05, 0.1) is 11.7 Å². The van der Waals surface area contributed by atoms with Crippen molar-refractivity contribution >= 4 is 0 Å². The lowest BCUT2D eigenvalue weighted by Gasteiger charge is -2.29. The smallest absolute Gasteiger partial charge is 0.383 e. The lowest BCUT2D eigenvalue weighted by Crippen LogP contribution is -2.35. The molecule has 1 aromatic rings. The van der Waals surface area contributed by atoms with Crippen LogP contribution in [0.1, 0.15) is 25.0 Å². The van der Waals surface area contributed by atoms with Gasteiger partial charge in [0.2, 0.25) is 0 Å². The second kappa shape index (κ2) is 4.66. The van der Waals surface area contributed by atoms with Crippen molar-refractivity contribution in [2.24, 2.45) is 0 Å². The third-order valence-corrected chi connectivity index (χ3v) is 2.94. The highest BCUT2D eigenvalue weighted by Gasteiger charge is 2.33. The Kier molecular flexibility index (Phi) is 3.84. The van der Waals surface area contributed by atoms with Gasteiger partial charge in [-0.05, 0) is 31.5 Å². The molecule has 2 unspecified atom stereocenters. The van der Waals surface area contributed by atoms with Gasteiger partial charge < -0.3 is 9.84 Å². The Morgan fingerprint density at radius 2 is 1.53 bits per heavy atom. The van der Waals surface area contributed by atoms with Crippen LogP contribution in [-0.2, 0) is 16.5 Å².